The number of thiophene rings is 1. The van der Waals surface area contributed by atoms with E-state index >= 15 is 0 Å². The van der Waals surface area contributed by atoms with E-state index in [2.05, 4.69) is 0 Å². The predicted molar refractivity (Wildman–Crippen MR) is 86.1 cm³/mol. The van der Waals surface area contributed by atoms with E-state index in [4.69, 9.17) is 21.1 Å². The largest absolute Gasteiger partial charge is 0.490 e. The number of carbonyl (C=O) groups is 1. The van der Waals surface area contributed by atoms with Crippen LogP contribution >= 0.6 is 22.9 Å². The third-order valence-corrected chi connectivity index (χ3v) is 4.06. The van der Waals surface area contributed by atoms with Crippen LogP contribution in [-0.2, 0) is 6.42 Å². The van der Waals surface area contributed by atoms with Crippen LogP contribution in [0, 0.1) is 0 Å². The molecule has 0 amide bonds. The monoisotopic (exact) mass is 324 g/mol. The maximum absolute atomic E-state index is 12.3. The Morgan fingerprint density at radius 3 is 2.43 bits per heavy atom. The fraction of sp³-hybridized carbons (Fsp3) is 0.312. The summed E-state index contributed by atoms with van der Waals surface area (Å²) in [6.07, 6.45) is 0.344. The van der Waals surface area contributed by atoms with Crippen LogP contribution in [-0.4, -0.2) is 19.0 Å². The van der Waals surface area contributed by atoms with Crippen molar-refractivity contribution in [2.24, 2.45) is 0 Å². The average Bonchev–Trinajstić information content (AvgIpc) is 2.86. The van der Waals surface area contributed by atoms with Crippen LogP contribution < -0.4 is 9.47 Å². The van der Waals surface area contributed by atoms with Crippen LogP contribution in [0.1, 0.15) is 29.1 Å². The van der Waals surface area contributed by atoms with Crippen molar-refractivity contribution in [3.05, 3.63) is 45.1 Å². The first kappa shape index (κ1) is 15.9. The van der Waals surface area contributed by atoms with Gasteiger partial charge in [-0.25, -0.2) is 0 Å². The number of hydrogen-bond donors (Lipinski definition) is 0. The molecule has 2 rings (SSSR count). The molecule has 0 saturated carbocycles. The molecule has 3 nitrogen and oxygen atoms in total. The number of Topliss-reactive ketones (excluding diaryl/α,β-unsaturated/α-hetero) is 1. The third kappa shape index (κ3) is 4.22. The molecule has 0 aliphatic heterocycles. The second-order valence-corrected chi connectivity index (χ2v) is 6.13. The van der Waals surface area contributed by atoms with Gasteiger partial charge in [-0.15, -0.1) is 11.3 Å². The number of hydrogen-bond acceptors (Lipinski definition) is 4. The number of ether oxygens (including phenoxy) is 2. The lowest BCUT2D eigenvalue weighted by Crippen LogP contribution is -2.04. The highest BCUT2D eigenvalue weighted by Crippen LogP contribution is 2.29. The van der Waals surface area contributed by atoms with Gasteiger partial charge in [0.15, 0.2) is 17.3 Å². The fourth-order valence-electron chi connectivity index (χ4n) is 1.93. The molecular formula is C16H17ClO3S. The lowest BCUT2D eigenvalue weighted by molar-refractivity contribution is 0.0993. The molecule has 1 aromatic heterocycles. The maximum Gasteiger partial charge on any atom is 0.168 e. The zero-order chi connectivity index (χ0) is 15.2. The van der Waals surface area contributed by atoms with Crippen LogP contribution in [0.25, 0.3) is 0 Å². The van der Waals surface area contributed by atoms with E-state index in [1.54, 1.807) is 24.3 Å². The molecule has 1 heterocycles. The molecule has 0 atom stereocenters. The van der Waals surface area contributed by atoms with Gasteiger partial charge in [-0.1, -0.05) is 11.6 Å². The van der Waals surface area contributed by atoms with Gasteiger partial charge in [-0.2, -0.15) is 0 Å². The molecule has 1 aromatic carbocycles. The highest BCUT2D eigenvalue weighted by Gasteiger charge is 2.13. The van der Waals surface area contributed by atoms with Crippen LogP contribution in [0.15, 0.2) is 30.3 Å². The van der Waals surface area contributed by atoms with Gasteiger partial charge in [0.2, 0.25) is 0 Å². The van der Waals surface area contributed by atoms with Crippen molar-refractivity contribution < 1.29 is 14.3 Å². The molecular weight excluding hydrogens is 308 g/mol. The van der Waals surface area contributed by atoms with Gasteiger partial charge in [0.1, 0.15) is 0 Å². The van der Waals surface area contributed by atoms with Crippen molar-refractivity contribution in [1.82, 2.24) is 0 Å². The molecule has 0 spiro atoms. The minimum absolute atomic E-state index is 0.0394. The number of ketones is 1. The Morgan fingerprint density at radius 1 is 1.10 bits per heavy atom. The van der Waals surface area contributed by atoms with E-state index in [0.717, 1.165) is 4.88 Å². The van der Waals surface area contributed by atoms with Gasteiger partial charge in [0.25, 0.3) is 0 Å². The molecule has 21 heavy (non-hydrogen) atoms. The summed E-state index contributed by atoms with van der Waals surface area (Å²) in [5, 5.41) is 0. The van der Waals surface area contributed by atoms with Crippen molar-refractivity contribution in [2.45, 2.75) is 20.3 Å². The van der Waals surface area contributed by atoms with Crippen molar-refractivity contribution in [3.8, 4) is 11.5 Å². The summed E-state index contributed by atoms with van der Waals surface area (Å²) >= 11 is 7.31. The number of benzene rings is 1. The fourth-order valence-corrected chi connectivity index (χ4v) is 3.02. The maximum atomic E-state index is 12.3. The van der Waals surface area contributed by atoms with Crippen LogP contribution in [0.3, 0.4) is 0 Å². The molecule has 0 aliphatic rings. The summed E-state index contributed by atoms with van der Waals surface area (Å²) in [5.74, 6) is 1.31. The quantitative estimate of drug-likeness (QED) is 0.697. The molecule has 0 aliphatic carbocycles. The minimum Gasteiger partial charge on any atom is -0.490 e. The average molecular weight is 325 g/mol. The first-order valence-electron chi connectivity index (χ1n) is 6.81. The first-order chi connectivity index (χ1) is 10.1. The highest BCUT2D eigenvalue weighted by molar-refractivity contribution is 7.16. The Labute approximate surface area is 133 Å². The molecule has 0 bridgehead atoms. The summed E-state index contributed by atoms with van der Waals surface area (Å²) in [5.41, 5.74) is 0.617. The van der Waals surface area contributed by atoms with Gasteiger partial charge < -0.3 is 9.47 Å². The smallest absolute Gasteiger partial charge is 0.168 e. The molecule has 0 saturated heterocycles. The molecule has 0 N–H and O–H groups in total. The van der Waals surface area contributed by atoms with Crippen molar-refractivity contribution in [3.63, 3.8) is 0 Å². The van der Waals surface area contributed by atoms with E-state index in [1.165, 1.54) is 11.3 Å². The topological polar surface area (TPSA) is 35.5 Å². The first-order valence-corrected chi connectivity index (χ1v) is 8.00. The Morgan fingerprint density at radius 2 is 1.81 bits per heavy atom. The molecule has 0 radical (unpaired) electrons. The zero-order valence-corrected chi connectivity index (χ0v) is 13.6. The molecule has 5 heteroatoms. The molecule has 112 valence electrons. The summed E-state index contributed by atoms with van der Waals surface area (Å²) in [6, 6.07) is 8.97. The third-order valence-electron chi connectivity index (χ3n) is 2.83. The molecule has 0 unspecified atom stereocenters. The number of halogens is 1. The second kappa shape index (κ2) is 7.48. The van der Waals surface area contributed by atoms with Crippen LogP contribution in [0.5, 0.6) is 11.5 Å². The SMILES string of the molecule is CCOc1ccc(C(=O)Cc2ccc(Cl)s2)cc1OCC. The van der Waals surface area contributed by atoms with Crippen molar-refractivity contribution >= 4 is 28.7 Å². The minimum atomic E-state index is 0.0394. The summed E-state index contributed by atoms with van der Waals surface area (Å²) in [7, 11) is 0. The van der Waals surface area contributed by atoms with Crippen molar-refractivity contribution in [2.75, 3.05) is 13.2 Å². The van der Waals surface area contributed by atoms with E-state index in [9.17, 15) is 4.79 Å². The van der Waals surface area contributed by atoms with Gasteiger partial charge in [0.05, 0.1) is 17.6 Å². The highest BCUT2D eigenvalue weighted by atomic mass is 35.5. The molecule has 2 aromatic rings. The van der Waals surface area contributed by atoms with Gasteiger partial charge in [0, 0.05) is 16.9 Å². The lowest BCUT2D eigenvalue weighted by atomic mass is 10.1. The second-order valence-electron chi connectivity index (χ2n) is 4.33. The Bertz CT molecular complexity index is 622. The standard InChI is InChI=1S/C16H17ClO3S/c1-3-19-14-7-5-11(9-15(14)20-4-2)13(18)10-12-6-8-16(17)21-12/h5-9H,3-4,10H2,1-2H3. The van der Waals surface area contributed by atoms with Gasteiger partial charge >= 0.3 is 0 Å². The number of carbonyl (C=O) groups excluding carboxylic acids is 1. The van der Waals surface area contributed by atoms with E-state index in [0.29, 0.717) is 41.0 Å². The zero-order valence-electron chi connectivity index (χ0n) is 12.0. The van der Waals surface area contributed by atoms with E-state index in [-0.39, 0.29) is 5.78 Å². The Kier molecular flexibility index (Phi) is 5.65. The molecule has 0 fully saturated rings. The Hall–Kier alpha value is -1.52. The van der Waals surface area contributed by atoms with Gasteiger partial charge in [-0.3, -0.25) is 4.79 Å². The summed E-state index contributed by atoms with van der Waals surface area (Å²) < 4.78 is 11.7. The number of rotatable bonds is 7. The predicted octanol–water partition coefficient (Wildman–Crippen LogP) is 4.62. The van der Waals surface area contributed by atoms with E-state index < -0.39 is 0 Å². The normalized spacial score (nSPS) is 10.4. The van der Waals surface area contributed by atoms with Crippen molar-refractivity contribution in [1.29, 1.82) is 0 Å². The van der Waals surface area contributed by atoms with Gasteiger partial charge in [-0.05, 0) is 44.2 Å². The lowest BCUT2D eigenvalue weighted by Gasteiger charge is -2.11. The summed E-state index contributed by atoms with van der Waals surface area (Å²) in [6.45, 7) is 4.90. The van der Waals surface area contributed by atoms with Crippen LogP contribution in [0.2, 0.25) is 4.34 Å². The summed E-state index contributed by atoms with van der Waals surface area (Å²) in [4.78, 5) is 13.3. The Balaban J connectivity index is 2.18. The van der Waals surface area contributed by atoms with Crippen LogP contribution in [0.4, 0.5) is 0 Å². The van der Waals surface area contributed by atoms with E-state index in [1.807, 2.05) is 19.9 Å².